The van der Waals surface area contributed by atoms with Gasteiger partial charge in [-0.1, -0.05) is 49.4 Å². The number of halogens is 1. The second-order valence-electron chi connectivity index (χ2n) is 4.66. The van der Waals surface area contributed by atoms with Gasteiger partial charge in [0.25, 0.3) is 0 Å². The lowest BCUT2D eigenvalue weighted by Crippen LogP contribution is -2.35. The molecule has 0 saturated heterocycles. The first-order chi connectivity index (χ1) is 8.77. The third-order valence-corrected chi connectivity index (χ3v) is 3.02. The minimum atomic E-state index is 0.365. The Labute approximate surface area is 110 Å². The van der Waals surface area contributed by atoms with Crippen LogP contribution in [0.15, 0.2) is 30.3 Å². The minimum absolute atomic E-state index is 0.365. The third kappa shape index (κ3) is 5.50. The van der Waals surface area contributed by atoms with E-state index >= 15 is 0 Å². The van der Waals surface area contributed by atoms with E-state index in [2.05, 4.69) is 18.7 Å². The summed E-state index contributed by atoms with van der Waals surface area (Å²) >= 11 is 0. The van der Waals surface area contributed by atoms with Gasteiger partial charge < -0.3 is 0 Å². The molecule has 1 aromatic carbocycles. The molecule has 0 fully saturated rings. The summed E-state index contributed by atoms with van der Waals surface area (Å²) in [7, 11) is 0. The predicted molar refractivity (Wildman–Crippen MR) is 76.3 cm³/mol. The van der Waals surface area contributed by atoms with E-state index in [4.69, 9.17) is 0 Å². The molecule has 2 nitrogen and oxygen atoms in total. The fourth-order valence-corrected chi connectivity index (χ4v) is 1.86. The van der Waals surface area contributed by atoms with Gasteiger partial charge in [-0.2, -0.15) is 5.12 Å². The van der Waals surface area contributed by atoms with Crippen molar-refractivity contribution in [1.82, 2.24) is 4.90 Å². The number of benzene rings is 1. The average Bonchev–Trinajstić information content (AvgIpc) is 2.42. The van der Waals surface area contributed by atoms with E-state index in [0.29, 0.717) is 12.4 Å². The molecule has 0 N–H and O–H groups in total. The average molecular weight is 252 g/mol. The Morgan fingerprint density at radius 1 is 0.944 bits per heavy atom. The molecular weight excluding hydrogens is 227 g/mol. The van der Waals surface area contributed by atoms with Gasteiger partial charge in [0.15, 0.2) is 0 Å². The Hall–Kier alpha value is -1.09. The monoisotopic (exact) mass is 252 g/mol. The second-order valence-corrected chi connectivity index (χ2v) is 4.66. The van der Waals surface area contributed by atoms with E-state index in [-0.39, 0.29) is 0 Å². The van der Waals surface area contributed by atoms with Gasteiger partial charge in [-0.05, 0) is 38.1 Å². The number of rotatable bonds is 9. The fraction of sp³-hybridized carbons (Fsp3) is 0.600. The first kappa shape index (κ1) is 15.0. The Morgan fingerprint density at radius 3 is 2.00 bits per heavy atom. The highest BCUT2D eigenvalue weighted by atomic mass is 19.2. The van der Waals surface area contributed by atoms with Gasteiger partial charge >= 0.3 is 0 Å². The van der Waals surface area contributed by atoms with E-state index < -0.39 is 0 Å². The summed E-state index contributed by atoms with van der Waals surface area (Å²) in [4.78, 5) is 2.19. The number of unbranched alkanes of at least 4 members (excludes halogenated alkanes) is 2. The van der Waals surface area contributed by atoms with Gasteiger partial charge in [0.2, 0.25) is 0 Å². The van der Waals surface area contributed by atoms with E-state index in [9.17, 15) is 4.48 Å². The number of hydrogen-bond acceptors (Lipinski definition) is 2. The zero-order valence-corrected chi connectivity index (χ0v) is 11.6. The van der Waals surface area contributed by atoms with Crippen LogP contribution in [0.2, 0.25) is 0 Å². The van der Waals surface area contributed by atoms with Crippen molar-refractivity contribution in [2.45, 2.75) is 39.5 Å². The van der Waals surface area contributed by atoms with Gasteiger partial charge in [-0.15, -0.1) is 0 Å². The molecular formula is C15H25FN2. The number of nitrogens with zero attached hydrogens (tertiary/aromatic N) is 2. The lowest BCUT2D eigenvalue weighted by Gasteiger charge is -2.25. The molecule has 0 amide bonds. The van der Waals surface area contributed by atoms with Crippen LogP contribution in [0.25, 0.3) is 0 Å². The van der Waals surface area contributed by atoms with E-state index in [0.717, 1.165) is 43.9 Å². The number of para-hydroxylation sites is 1. The summed E-state index contributed by atoms with van der Waals surface area (Å²) < 4.78 is 14.0. The van der Waals surface area contributed by atoms with Crippen molar-refractivity contribution < 1.29 is 4.48 Å². The summed E-state index contributed by atoms with van der Waals surface area (Å²) in [6.45, 7) is 6.66. The third-order valence-electron chi connectivity index (χ3n) is 3.02. The molecule has 0 saturated carbocycles. The van der Waals surface area contributed by atoms with Gasteiger partial charge in [0.05, 0.1) is 5.69 Å². The largest absolute Gasteiger partial charge is 0.284 e. The molecule has 0 aliphatic carbocycles. The molecule has 102 valence electrons. The highest BCUT2D eigenvalue weighted by Crippen LogP contribution is 2.14. The van der Waals surface area contributed by atoms with Gasteiger partial charge in [-0.25, -0.2) is 0 Å². The molecule has 0 spiro atoms. The molecule has 18 heavy (non-hydrogen) atoms. The van der Waals surface area contributed by atoms with Gasteiger partial charge in [-0.3, -0.25) is 4.90 Å². The number of anilines is 1. The molecule has 0 bridgehead atoms. The van der Waals surface area contributed by atoms with Crippen LogP contribution in [-0.2, 0) is 0 Å². The van der Waals surface area contributed by atoms with Crippen LogP contribution in [0.1, 0.15) is 39.5 Å². The number of hydrogen-bond donors (Lipinski definition) is 0. The quantitative estimate of drug-likeness (QED) is 0.479. The van der Waals surface area contributed by atoms with Crippen molar-refractivity contribution in [2.75, 3.05) is 24.9 Å². The Kier molecular flexibility index (Phi) is 7.42. The molecule has 1 aromatic rings. The first-order valence-electron chi connectivity index (χ1n) is 6.98. The normalized spacial score (nSPS) is 10.9. The van der Waals surface area contributed by atoms with Crippen molar-refractivity contribution in [2.24, 2.45) is 0 Å². The molecule has 0 radical (unpaired) electrons. The molecule has 0 aliphatic rings. The SMILES string of the molecule is CCCCN(CCCC)CN(F)c1ccccc1. The zero-order chi connectivity index (χ0) is 13.2. The molecule has 0 unspecified atom stereocenters. The maximum absolute atomic E-state index is 14.0. The van der Waals surface area contributed by atoms with Crippen molar-refractivity contribution in [3.63, 3.8) is 0 Å². The maximum atomic E-state index is 14.0. The Bertz CT molecular complexity index is 295. The van der Waals surface area contributed by atoms with Crippen LogP contribution in [-0.4, -0.2) is 24.7 Å². The van der Waals surface area contributed by atoms with Crippen LogP contribution in [0.3, 0.4) is 0 Å². The van der Waals surface area contributed by atoms with E-state index in [1.165, 1.54) is 0 Å². The summed E-state index contributed by atoms with van der Waals surface area (Å²) in [5.41, 5.74) is 0.635. The summed E-state index contributed by atoms with van der Waals surface area (Å²) in [6, 6.07) is 9.24. The highest BCUT2D eigenvalue weighted by molar-refractivity contribution is 5.42. The molecule has 0 aliphatic heterocycles. The molecule has 0 aromatic heterocycles. The lowest BCUT2D eigenvalue weighted by molar-refractivity contribution is 0.222. The van der Waals surface area contributed by atoms with Crippen LogP contribution >= 0.6 is 0 Å². The van der Waals surface area contributed by atoms with Crippen molar-refractivity contribution in [1.29, 1.82) is 0 Å². The fourth-order valence-electron chi connectivity index (χ4n) is 1.86. The Balaban J connectivity index is 2.47. The summed E-state index contributed by atoms with van der Waals surface area (Å²) in [5, 5.41) is 0.839. The van der Waals surface area contributed by atoms with Gasteiger partial charge in [0.1, 0.15) is 6.67 Å². The predicted octanol–water partition coefficient (Wildman–Crippen LogP) is 4.24. The van der Waals surface area contributed by atoms with Crippen molar-refractivity contribution in [3.8, 4) is 0 Å². The molecule has 1 rings (SSSR count). The first-order valence-corrected chi connectivity index (χ1v) is 6.98. The van der Waals surface area contributed by atoms with Crippen LogP contribution in [0.5, 0.6) is 0 Å². The van der Waals surface area contributed by atoms with Crippen LogP contribution in [0.4, 0.5) is 10.2 Å². The summed E-state index contributed by atoms with van der Waals surface area (Å²) in [6.07, 6.45) is 4.57. The Morgan fingerprint density at radius 2 is 1.50 bits per heavy atom. The highest BCUT2D eigenvalue weighted by Gasteiger charge is 2.10. The lowest BCUT2D eigenvalue weighted by atomic mass is 10.2. The molecule has 0 heterocycles. The van der Waals surface area contributed by atoms with Crippen molar-refractivity contribution in [3.05, 3.63) is 30.3 Å². The smallest absolute Gasteiger partial charge is 0.103 e. The molecule has 3 heteroatoms. The summed E-state index contributed by atoms with van der Waals surface area (Å²) in [5.74, 6) is 0. The van der Waals surface area contributed by atoms with Crippen LogP contribution in [0, 0.1) is 0 Å². The van der Waals surface area contributed by atoms with E-state index in [1.807, 2.05) is 18.2 Å². The van der Waals surface area contributed by atoms with Gasteiger partial charge in [0, 0.05) is 0 Å². The van der Waals surface area contributed by atoms with Crippen LogP contribution < -0.4 is 5.12 Å². The second kappa shape index (κ2) is 8.92. The molecule has 0 atom stereocenters. The maximum Gasteiger partial charge on any atom is 0.103 e. The minimum Gasteiger partial charge on any atom is -0.284 e. The van der Waals surface area contributed by atoms with E-state index in [1.54, 1.807) is 12.1 Å². The topological polar surface area (TPSA) is 6.48 Å². The zero-order valence-electron chi connectivity index (χ0n) is 11.6. The van der Waals surface area contributed by atoms with Crippen molar-refractivity contribution >= 4 is 5.69 Å². The standard InChI is InChI=1S/C15H25FN2/c1-3-5-12-17(13-6-4-2)14-18(16)15-10-8-7-9-11-15/h7-11H,3-6,12-14H2,1-2H3.